The van der Waals surface area contributed by atoms with Gasteiger partial charge in [0.05, 0.1) is 26.4 Å². The highest BCUT2D eigenvalue weighted by Crippen LogP contribution is 2.26. The van der Waals surface area contributed by atoms with Crippen LogP contribution in [0.15, 0.2) is 134 Å². The van der Waals surface area contributed by atoms with Crippen LogP contribution in [0.2, 0.25) is 0 Å². The highest BCUT2D eigenvalue weighted by molar-refractivity contribution is 5.69. The predicted octanol–water partition coefficient (Wildman–Crippen LogP) is 11.1. The van der Waals surface area contributed by atoms with Crippen molar-refractivity contribution >= 4 is 5.97 Å². The van der Waals surface area contributed by atoms with Crippen molar-refractivity contribution in [2.75, 3.05) is 33.0 Å². The topological polar surface area (TPSA) is 214 Å². The Labute approximate surface area is 475 Å². The Bertz CT molecular complexity index is 1810. The van der Waals surface area contributed by atoms with E-state index in [1.54, 1.807) is 0 Å². The van der Waals surface area contributed by atoms with Gasteiger partial charge in [0.2, 0.25) is 0 Å². The molecule has 0 aromatic heterocycles. The van der Waals surface area contributed by atoms with E-state index >= 15 is 0 Å². The van der Waals surface area contributed by atoms with Gasteiger partial charge in [-0.15, -0.1) is 0 Å². The molecule has 0 saturated carbocycles. The van der Waals surface area contributed by atoms with Crippen molar-refractivity contribution in [2.45, 2.75) is 235 Å². The number of esters is 1. The highest BCUT2D eigenvalue weighted by Gasteiger charge is 2.47. The van der Waals surface area contributed by atoms with Crippen LogP contribution in [-0.4, -0.2) is 142 Å². The maximum absolute atomic E-state index is 13.1. The summed E-state index contributed by atoms with van der Waals surface area (Å²) in [6.45, 7) is 3.35. The summed E-state index contributed by atoms with van der Waals surface area (Å²) in [7, 11) is 0. The lowest BCUT2D eigenvalue weighted by molar-refractivity contribution is -0.332. The summed E-state index contributed by atoms with van der Waals surface area (Å²) in [6, 6.07) is 0. The maximum Gasteiger partial charge on any atom is 0.306 e. The molecule has 2 aliphatic heterocycles. The molecule has 11 unspecified atom stereocenters. The molecule has 2 saturated heterocycles. The minimum absolute atomic E-state index is 0.0278. The number of carbonyl (C=O) groups excluding carboxylic acids is 1. The van der Waals surface area contributed by atoms with Crippen molar-refractivity contribution in [1.29, 1.82) is 0 Å². The summed E-state index contributed by atoms with van der Waals surface area (Å²) < 4.78 is 34.4. The molecule has 0 aromatic carbocycles. The molecule has 0 amide bonds. The Morgan fingerprint density at radius 3 is 1.23 bits per heavy atom. The fraction of sp³-hybridized carbons (Fsp3) is 0.646. The molecule has 14 heteroatoms. The molecule has 0 aromatic rings. The van der Waals surface area contributed by atoms with Gasteiger partial charge in [-0.2, -0.15) is 0 Å². The zero-order chi connectivity index (χ0) is 57.2. The second-order valence-electron chi connectivity index (χ2n) is 20.1. The number of carbonyl (C=O) groups is 1. The van der Waals surface area contributed by atoms with Crippen molar-refractivity contribution in [2.24, 2.45) is 0 Å². The Morgan fingerprint density at radius 2 is 0.785 bits per heavy atom. The van der Waals surface area contributed by atoms with Gasteiger partial charge in [-0.25, -0.2) is 0 Å². The first-order chi connectivity index (χ1) is 38.6. The molecule has 2 heterocycles. The lowest BCUT2D eigenvalue weighted by atomic mass is 9.98. The maximum atomic E-state index is 13.1. The minimum atomic E-state index is -1.72. The minimum Gasteiger partial charge on any atom is -0.457 e. The first kappa shape index (κ1) is 71.2. The van der Waals surface area contributed by atoms with Crippen LogP contribution in [0.5, 0.6) is 0 Å². The number of allylic oxidation sites excluding steroid dienone is 22. The van der Waals surface area contributed by atoms with E-state index in [1.807, 2.05) is 0 Å². The molecular formula is C65H104O14. The number of hydrogen-bond acceptors (Lipinski definition) is 14. The number of unbranched alkanes of at least 4 members (excludes halogenated alkanes) is 10. The van der Waals surface area contributed by atoms with Crippen LogP contribution >= 0.6 is 0 Å². The molecular weight excluding hydrogens is 1000 g/mol. The molecule has 0 spiro atoms. The molecule has 0 radical (unpaired) electrons. The molecule has 0 aliphatic carbocycles. The number of hydrogen-bond donors (Lipinski definition) is 7. The molecule has 79 heavy (non-hydrogen) atoms. The Kier molecular flexibility index (Phi) is 45.0. The van der Waals surface area contributed by atoms with Gasteiger partial charge in [0.1, 0.15) is 54.9 Å². The van der Waals surface area contributed by atoms with Crippen LogP contribution in [0.1, 0.15) is 168 Å². The van der Waals surface area contributed by atoms with Gasteiger partial charge in [-0.05, 0) is 109 Å². The third kappa shape index (κ3) is 36.3. The third-order valence-corrected chi connectivity index (χ3v) is 13.2. The fourth-order valence-corrected chi connectivity index (χ4v) is 8.43. The van der Waals surface area contributed by atoms with E-state index in [0.29, 0.717) is 13.0 Å². The molecule has 2 fully saturated rings. The van der Waals surface area contributed by atoms with Crippen molar-refractivity contribution in [1.82, 2.24) is 0 Å². The molecule has 0 bridgehead atoms. The van der Waals surface area contributed by atoms with E-state index in [9.17, 15) is 40.5 Å². The summed E-state index contributed by atoms with van der Waals surface area (Å²) in [5.74, 6) is -0.406. The summed E-state index contributed by atoms with van der Waals surface area (Å²) in [5.41, 5.74) is 0. The zero-order valence-corrected chi connectivity index (χ0v) is 48.0. The third-order valence-electron chi connectivity index (χ3n) is 13.2. The predicted molar refractivity (Wildman–Crippen MR) is 316 cm³/mol. The first-order valence-electron chi connectivity index (χ1n) is 29.8. The summed E-state index contributed by atoms with van der Waals surface area (Å²) in [5, 5.41) is 72.4. The normalized spacial score (nSPS) is 25.0. The van der Waals surface area contributed by atoms with Crippen LogP contribution in [0.25, 0.3) is 0 Å². The number of aliphatic hydroxyl groups is 7. The van der Waals surface area contributed by atoms with Gasteiger partial charge < -0.3 is 64.2 Å². The zero-order valence-electron chi connectivity index (χ0n) is 48.0. The fourth-order valence-electron chi connectivity index (χ4n) is 8.43. The monoisotopic (exact) mass is 1110 g/mol. The average Bonchev–Trinajstić information content (AvgIpc) is 3.46. The number of rotatable bonds is 46. The quantitative estimate of drug-likeness (QED) is 0.0172. The largest absolute Gasteiger partial charge is 0.457 e. The van der Waals surface area contributed by atoms with Crippen molar-refractivity contribution in [3.63, 3.8) is 0 Å². The van der Waals surface area contributed by atoms with Crippen molar-refractivity contribution in [3.8, 4) is 0 Å². The lowest BCUT2D eigenvalue weighted by Crippen LogP contribution is -2.61. The molecule has 14 nitrogen and oxygen atoms in total. The molecule has 448 valence electrons. The Balaban J connectivity index is 1.74. The number of ether oxygens (including phenoxy) is 6. The van der Waals surface area contributed by atoms with Crippen LogP contribution in [0.4, 0.5) is 0 Å². The second kappa shape index (κ2) is 49.9. The van der Waals surface area contributed by atoms with Gasteiger partial charge in [-0.3, -0.25) is 4.79 Å². The van der Waals surface area contributed by atoms with Crippen LogP contribution in [0.3, 0.4) is 0 Å². The van der Waals surface area contributed by atoms with Crippen LogP contribution in [0, 0.1) is 0 Å². The highest BCUT2D eigenvalue weighted by atomic mass is 16.7. The van der Waals surface area contributed by atoms with E-state index in [1.165, 1.54) is 0 Å². The number of aliphatic hydroxyl groups excluding tert-OH is 7. The van der Waals surface area contributed by atoms with E-state index in [-0.39, 0.29) is 19.6 Å². The van der Waals surface area contributed by atoms with Gasteiger partial charge in [0.25, 0.3) is 0 Å². The molecule has 7 N–H and O–H groups in total. The summed E-state index contributed by atoms with van der Waals surface area (Å²) in [4.78, 5) is 13.1. The van der Waals surface area contributed by atoms with Crippen LogP contribution < -0.4 is 0 Å². The molecule has 11 atom stereocenters. The molecule has 2 aliphatic rings. The second-order valence-corrected chi connectivity index (χ2v) is 20.1. The Morgan fingerprint density at radius 1 is 0.418 bits per heavy atom. The van der Waals surface area contributed by atoms with Gasteiger partial charge >= 0.3 is 5.97 Å². The van der Waals surface area contributed by atoms with E-state index < -0.39 is 86.7 Å². The molecule has 2 rings (SSSR count). The smallest absolute Gasteiger partial charge is 0.306 e. The van der Waals surface area contributed by atoms with E-state index in [4.69, 9.17) is 28.4 Å². The lowest BCUT2D eigenvalue weighted by Gasteiger charge is -2.42. The SMILES string of the molecule is CC/C=C\C/C=C\C/C=C\C/C=C\C/C=C\C/C=C\C/C=C\CCCCCCOCC(COC1OC(COC2OC(CO)C(O)C(O)C2O)C(O)C(O)C1O)OC(=O)CCCCCCCC/C=C\C/C=C\C/C=C\C/C=C\CC. The van der Waals surface area contributed by atoms with E-state index in [0.717, 1.165) is 141 Å². The Hall–Kier alpha value is -3.87. The van der Waals surface area contributed by atoms with Crippen molar-refractivity contribution < 1.29 is 69.0 Å². The van der Waals surface area contributed by atoms with Crippen molar-refractivity contribution in [3.05, 3.63) is 134 Å². The van der Waals surface area contributed by atoms with Gasteiger partial charge in [0.15, 0.2) is 12.6 Å². The van der Waals surface area contributed by atoms with Gasteiger partial charge in [0, 0.05) is 13.0 Å². The summed E-state index contributed by atoms with van der Waals surface area (Å²) >= 11 is 0. The first-order valence-corrected chi connectivity index (χ1v) is 29.8. The standard InChI is InChI=1S/C65H104O14/c1-3-5-7-9-11-13-15-17-19-21-23-24-25-26-27-28-29-31-33-35-37-39-41-43-45-47-49-74-51-54(77-57(67)48-46-44-42-40-38-36-34-32-30-22-20-18-16-14-12-10-8-6-4-2)52-75-64-63(73)61(71)59(69)56(79-64)53-76-65-62(72)60(70)58(68)55(50-66)78-65/h5-8,11-14,17-20,23-24,26-27,29-32,35,37,54-56,58-66,68-73H,3-4,9-10,15-16,21-22,25,28,33-34,36,38-53H2,1-2H3/b7-5-,8-6-,13-11-,14-12-,19-17-,20-18-,24-23-,27-26-,31-29-,32-30-,37-35-. The van der Waals surface area contributed by atoms with Gasteiger partial charge in [-0.1, -0.05) is 186 Å². The van der Waals surface area contributed by atoms with Crippen LogP contribution in [-0.2, 0) is 33.2 Å². The average molecular weight is 1110 g/mol. The summed E-state index contributed by atoms with van der Waals surface area (Å²) in [6.07, 6.45) is 55.0. The van der Waals surface area contributed by atoms with E-state index in [2.05, 4.69) is 148 Å².